The molecule has 0 spiro atoms. The van der Waals surface area contributed by atoms with Crippen LogP contribution in [0.5, 0.6) is 0 Å². The van der Waals surface area contributed by atoms with Crippen molar-refractivity contribution in [1.29, 1.82) is 0 Å². The van der Waals surface area contributed by atoms with Crippen LogP contribution in [-0.2, 0) is 13.6 Å². The molecule has 1 rings (SSSR count). The third-order valence-electron chi connectivity index (χ3n) is 3.68. The van der Waals surface area contributed by atoms with Crippen LogP contribution in [0, 0.1) is 0 Å². The highest BCUT2D eigenvalue weighted by Crippen LogP contribution is 2.48. The van der Waals surface area contributed by atoms with E-state index in [4.69, 9.17) is 9.05 Å². The van der Waals surface area contributed by atoms with Gasteiger partial charge in [-0.2, -0.15) is 0 Å². The highest BCUT2D eigenvalue weighted by atomic mass is 31.2. The number of nitrogens with zero attached hydrogens (tertiary/aromatic N) is 2. The molecule has 1 heterocycles. The van der Waals surface area contributed by atoms with Crippen LogP contribution in [0.25, 0.3) is 0 Å². The summed E-state index contributed by atoms with van der Waals surface area (Å²) in [5, 5.41) is 0. The molecule has 0 saturated heterocycles. The lowest BCUT2D eigenvalue weighted by molar-refractivity contribution is 0.216. The predicted molar refractivity (Wildman–Crippen MR) is 91.9 cm³/mol. The maximum atomic E-state index is 12.4. The Labute approximate surface area is 136 Å². The standard InChI is InChI=1S/C16H33N2O3P/c1-4-7-8-9-11-17-13-14-18(16-17)12-10-15-22(19,20-5-2)21-6-3/h13-14H,4-12,15-16H2,1-3H3. The van der Waals surface area contributed by atoms with Crippen LogP contribution in [0.15, 0.2) is 12.4 Å². The monoisotopic (exact) mass is 332 g/mol. The third-order valence-corrected chi connectivity index (χ3v) is 5.85. The average Bonchev–Trinajstić information content (AvgIpc) is 2.92. The number of unbranched alkanes of at least 4 members (excludes halogenated alkanes) is 3. The Morgan fingerprint density at radius 3 is 2.05 bits per heavy atom. The molecule has 0 amide bonds. The number of hydrogen-bond donors (Lipinski definition) is 0. The van der Waals surface area contributed by atoms with Crippen molar-refractivity contribution in [2.45, 2.75) is 52.9 Å². The van der Waals surface area contributed by atoms with Gasteiger partial charge in [0.05, 0.1) is 26.0 Å². The van der Waals surface area contributed by atoms with Crippen LogP contribution in [0.2, 0.25) is 0 Å². The molecule has 0 atom stereocenters. The predicted octanol–water partition coefficient (Wildman–Crippen LogP) is 4.27. The van der Waals surface area contributed by atoms with Gasteiger partial charge in [0.15, 0.2) is 0 Å². The molecule has 1 aliphatic heterocycles. The summed E-state index contributed by atoms with van der Waals surface area (Å²) in [5.41, 5.74) is 0. The lowest BCUT2D eigenvalue weighted by Gasteiger charge is -2.22. The van der Waals surface area contributed by atoms with Crippen LogP contribution in [0.3, 0.4) is 0 Å². The zero-order chi connectivity index (χ0) is 16.3. The van der Waals surface area contributed by atoms with E-state index >= 15 is 0 Å². The van der Waals surface area contributed by atoms with Gasteiger partial charge < -0.3 is 18.8 Å². The van der Waals surface area contributed by atoms with Crippen molar-refractivity contribution in [3.63, 3.8) is 0 Å². The Hall–Kier alpha value is -0.510. The second-order valence-corrected chi connectivity index (χ2v) is 7.83. The Morgan fingerprint density at radius 2 is 1.50 bits per heavy atom. The second-order valence-electron chi connectivity index (χ2n) is 5.65. The third kappa shape index (κ3) is 7.66. The van der Waals surface area contributed by atoms with Crippen molar-refractivity contribution in [3.8, 4) is 0 Å². The molecule has 1 aliphatic rings. The van der Waals surface area contributed by atoms with Gasteiger partial charge in [0.2, 0.25) is 0 Å². The number of hydrogen-bond acceptors (Lipinski definition) is 5. The lowest BCUT2D eigenvalue weighted by Crippen LogP contribution is -2.27. The molecule has 130 valence electrons. The van der Waals surface area contributed by atoms with E-state index in [0.29, 0.717) is 19.4 Å². The fourth-order valence-corrected chi connectivity index (χ4v) is 4.22. The molecule has 0 saturated carbocycles. The smallest absolute Gasteiger partial charge is 0.330 e. The molecule has 5 nitrogen and oxygen atoms in total. The van der Waals surface area contributed by atoms with Crippen LogP contribution in [0.1, 0.15) is 52.9 Å². The molecule has 0 bridgehead atoms. The van der Waals surface area contributed by atoms with Crippen LogP contribution >= 0.6 is 7.60 Å². The summed E-state index contributed by atoms with van der Waals surface area (Å²) < 4.78 is 23.0. The molecule has 6 heteroatoms. The summed E-state index contributed by atoms with van der Waals surface area (Å²) in [4.78, 5) is 4.61. The van der Waals surface area contributed by atoms with Crippen molar-refractivity contribution in [1.82, 2.24) is 9.80 Å². The highest BCUT2D eigenvalue weighted by Gasteiger charge is 2.23. The van der Waals surface area contributed by atoms with E-state index in [0.717, 1.165) is 26.2 Å². The molecule has 0 fully saturated rings. The minimum absolute atomic E-state index is 0.437. The maximum Gasteiger partial charge on any atom is 0.330 e. The molecule has 0 aromatic carbocycles. The molecule has 0 aromatic heterocycles. The molecule has 0 N–H and O–H groups in total. The molecule has 0 unspecified atom stereocenters. The lowest BCUT2D eigenvalue weighted by atomic mass is 10.2. The molecule has 22 heavy (non-hydrogen) atoms. The second kappa shape index (κ2) is 11.1. The summed E-state index contributed by atoms with van der Waals surface area (Å²) in [6, 6.07) is 0. The van der Waals surface area contributed by atoms with Crippen molar-refractivity contribution in [3.05, 3.63) is 12.4 Å². The summed E-state index contributed by atoms with van der Waals surface area (Å²) in [7, 11) is -2.88. The van der Waals surface area contributed by atoms with Crippen molar-refractivity contribution < 1.29 is 13.6 Å². The van der Waals surface area contributed by atoms with E-state index in [-0.39, 0.29) is 0 Å². The van der Waals surface area contributed by atoms with Gasteiger partial charge in [-0.25, -0.2) is 0 Å². The molecular weight excluding hydrogens is 299 g/mol. The quantitative estimate of drug-likeness (QED) is 0.372. The largest absolute Gasteiger partial charge is 0.359 e. The summed E-state index contributed by atoms with van der Waals surface area (Å²) >= 11 is 0. The minimum Gasteiger partial charge on any atom is -0.359 e. The fraction of sp³-hybridized carbons (Fsp3) is 0.875. The molecule has 0 aliphatic carbocycles. The zero-order valence-corrected chi connectivity index (χ0v) is 15.4. The number of rotatable bonds is 13. The molecule has 0 radical (unpaired) electrons. The van der Waals surface area contributed by atoms with Gasteiger partial charge >= 0.3 is 7.60 Å². The van der Waals surface area contributed by atoms with Gasteiger partial charge in [-0.15, -0.1) is 0 Å². The minimum atomic E-state index is -2.88. The van der Waals surface area contributed by atoms with Gasteiger partial charge in [-0.3, -0.25) is 4.57 Å². The van der Waals surface area contributed by atoms with Crippen molar-refractivity contribution in [2.75, 3.05) is 39.1 Å². The zero-order valence-electron chi connectivity index (χ0n) is 14.5. The highest BCUT2D eigenvalue weighted by molar-refractivity contribution is 7.53. The van der Waals surface area contributed by atoms with Gasteiger partial charge in [-0.1, -0.05) is 26.2 Å². The van der Waals surface area contributed by atoms with E-state index in [1.54, 1.807) is 0 Å². The first-order valence-corrected chi connectivity index (χ1v) is 10.4. The van der Waals surface area contributed by atoms with Crippen molar-refractivity contribution >= 4 is 7.60 Å². The van der Waals surface area contributed by atoms with Crippen molar-refractivity contribution in [2.24, 2.45) is 0 Å². The Kier molecular flexibility index (Phi) is 9.85. The Morgan fingerprint density at radius 1 is 0.909 bits per heavy atom. The van der Waals surface area contributed by atoms with E-state index in [1.165, 1.54) is 25.7 Å². The summed E-state index contributed by atoms with van der Waals surface area (Å²) in [5.74, 6) is 0. The summed E-state index contributed by atoms with van der Waals surface area (Å²) in [6.07, 6.45) is 10.8. The van der Waals surface area contributed by atoms with Crippen LogP contribution < -0.4 is 0 Å². The average molecular weight is 332 g/mol. The van der Waals surface area contributed by atoms with Gasteiger partial charge in [0.25, 0.3) is 0 Å². The maximum absolute atomic E-state index is 12.4. The van der Waals surface area contributed by atoms with E-state index in [2.05, 4.69) is 29.1 Å². The van der Waals surface area contributed by atoms with Gasteiger partial charge in [-0.05, 0) is 26.7 Å². The van der Waals surface area contributed by atoms with Crippen LogP contribution in [-0.4, -0.2) is 48.9 Å². The first kappa shape index (κ1) is 19.5. The SMILES string of the molecule is CCCCCCN1C=CN(CCCP(=O)(OCC)OCC)C1. The first-order chi connectivity index (χ1) is 10.6. The summed E-state index contributed by atoms with van der Waals surface area (Å²) in [6.45, 7) is 9.78. The molecular formula is C16H33N2O3P. The van der Waals surface area contributed by atoms with E-state index in [9.17, 15) is 4.57 Å². The topological polar surface area (TPSA) is 42.0 Å². The Balaban J connectivity index is 2.18. The van der Waals surface area contributed by atoms with Gasteiger partial charge in [0.1, 0.15) is 0 Å². The fourth-order valence-electron chi connectivity index (χ4n) is 2.58. The molecule has 0 aromatic rings. The normalized spacial score (nSPS) is 15.0. The van der Waals surface area contributed by atoms with Gasteiger partial charge in [0, 0.05) is 25.5 Å². The van der Waals surface area contributed by atoms with Crippen LogP contribution in [0.4, 0.5) is 0 Å². The van der Waals surface area contributed by atoms with E-state index < -0.39 is 7.60 Å². The van der Waals surface area contributed by atoms with E-state index in [1.807, 2.05) is 13.8 Å². The first-order valence-electron chi connectivity index (χ1n) is 8.68. The Bertz CT molecular complexity index is 353.